The lowest BCUT2D eigenvalue weighted by Crippen LogP contribution is -2.22. The van der Waals surface area contributed by atoms with Crippen LogP contribution in [0, 0.1) is 0 Å². The van der Waals surface area contributed by atoms with E-state index in [4.69, 9.17) is 5.11 Å². The molecule has 0 saturated carbocycles. The average molecular weight is 248 g/mol. The van der Waals surface area contributed by atoms with Gasteiger partial charge in [-0.05, 0) is 18.6 Å². The van der Waals surface area contributed by atoms with Crippen LogP contribution in [0.4, 0.5) is 5.82 Å². The Bertz CT molecular complexity index is 609. The Kier molecular flexibility index (Phi) is 2.41. The number of fused-ring (bicyclic) bond motifs is 1. The number of H-pyrrole nitrogens is 1. The van der Waals surface area contributed by atoms with Crippen molar-refractivity contribution >= 4 is 22.8 Å². The van der Waals surface area contributed by atoms with Gasteiger partial charge in [-0.3, -0.25) is 5.10 Å². The second-order valence-electron chi connectivity index (χ2n) is 4.33. The third kappa shape index (κ3) is 1.68. The van der Waals surface area contributed by atoms with Crippen LogP contribution >= 0.6 is 0 Å². The molecule has 3 heterocycles. The summed E-state index contributed by atoms with van der Waals surface area (Å²) in [6.45, 7) is 1.30. The van der Waals surface area contributed by atoms with E-state index in [-0.39, 0.29) is 11.8 Å². The molecular formula is C11H12N4O3. The molecule has 1 unspecified atom stereocenters. The van der Waals surface area contributed by atoms with Crippen LogP contribution < -0.4 is 4.90 Å². The first-order chi connectivity index (χ1) is 8.65. The molecule has 2 aromatic heterocycles. The summed E-state index contributed by atoms with van der Waals surface area (Å²) in [7, 11) is 0. The summed E-state index contributed by atoms with van der Waals surface area (Å²) in [6, 6.07) is 3.44. The van der Waals surface area contributed by atoms with Gasteiger partial charge in [0.05, 0.1) is 11.5 Å². The van der Waals surface area contributed by atoms with E-state index in [9.17, 15) is 9.90 Å². The smallest absolute Gasteiger partial charge is 0.357 e. The first-order valence-corrected chi connectivity index (χ1v) is 5.66. The molecule has 3 N–H and O–H groups in total. The second-order valence-corrected chi connectivity index (χ2v) is 4.33. The lowest BCUT2D eigenvalue weighted by atomic mass is 10.2. The van der Waals surface area contributed by atoms with E-state index in [1.54, 1.807) is 12.1 Å². The summed E-state index contributed by atoms with van der Waals surface area (Å²) in [5.74, 6) is -0.355. The number of aromatic carboxylic acids is 1. The van der Waals surface area contributed by atoms with Gasteiger partial charge in [0.2, 0.25) is 0 Å². The number of carboxylic acids is 1. The summed E-state index contributed by atoms with van der Waals surface area (Å²) < 4.78 is 0. The van der Waals surface area contributed by atoms with Crippen molar-refractivity contribution in [2.45, 2.75) is 12.5 Å². The number of pyridine rings is 1. The number of aliphatic hydroxyl groups is 1. The van der Waals surface area contributed by atoms with Gasteiger partial charge in [-0.2, -0.15) is 5.10 Å². The molecule has 7 heteroatoms. The lowest BCUT2D eigenvalue weighted by molar-refractivity contribution is 0.0692. The van der Waals surface area contributed by atoms with Gasteiger partial charge in [-0.25, -0.2) is 9.78 Å². The summed E-state index contributed by atoms with van der Waals surface area (Å²) >= 11 is 0. The minimum absolute atomic E-state index is 0.0227. The highest BCUT2D eigenvalue weighted by molar-refractivity contribution is 6.00. The van der Waals surface area contributed by atoms with Gasteiger partial charge >= 0.3 is 5.97 Å². The Labute approximate surface area is 102 Å². The fourth-order valence-corrected chi connectivity index (χ4v) is 2.18. The van der Waals surface area contributed by atoms with Crippen LogP contribution in [0.15, 0.2) is 12.1 Å². The number of rotatable bonds is 2. The zero-order valence-electron chi connectivity index (χ0n) is 9.50. The van der Waals surface area contributed by atoms with Crippen molar-refractivity contribution < 1.29 is 15.0 Å². The SMILES string of the molecule is O=C(O)c1n[nH]c2nc(N3CCC(O)C3)ccc12. The number of nitrogens with one attached hydrogen (secondary N) is 1. The Balaban J connectivity index is 1.99. The highest BCUT2D eigenvalue weighted by atomic mass is 16.4. The largest absolute Gasteiger partial charge is 0.476 e. The van der Waals surface area contributed by atoms with Crippen LogP contribution in [0.5, 0.6) is 0 Å². The minimum atomic E-state index is -1.08. The van der Waals surface area contributed by atoms with Gasteiger partial charge in [0.1, 0.15) is 5.82 Å². The average Bonchev–Trinajstić information content (AvgIpc) is 2.93. The van der Waals surface area contributed by atoms with Crippen molar-refractivity contribution in [3.8, 4) is 0 Å². The van der Waals surface area contributed by atoms with Gasteiger partial charge < -0.3 is 15.1 Å². The number of carboxylic acid groups (broad SMARTS) is 1. The third-order valence-corrected chi connectivity index (χ3v) is 3.10. The molecule has 1 atom stereocenters. The number of aliphatic hydroxyl groups excluding tert-OH is 1. The number of β-amino-alcohol motifs (C(OH)–C–C–N with tert-alkyl or cyclic N) is 1. The van der Waals surface area contributed by atoms with Crippen LogP contribution in [0.25, 0.3) is 11.0 Å². The minimum Gasteiger partial charge on any atom is -0.476 e. The molecule has 3 rings (SSSR count). The van der Waals surface area contributed by atoms with Crippen LogP contribution in [-0.4, -0.2) is 50.6 Å². The maximum atomic E-state index is 10.9. The molecule has 18 heavy (non-hydrogen) atoms. The molecule has 0 aliphatic carbocycles. The molecule has 1 saturated heterocycles. The molecule has 2 aromatic rings. The van der Waals surface area contributed by atoms with E-state index >= 15 is 0 Å². The lowest BCUT2D eigenvalue weighted by Gasteiger charge is -2.15. The van der Waals surface area contributed by atoms with Crippen molar-refractivity contribution in [2.75, 3.05) is 18.0 Å². The maximum Gasteiger partial charge on any atom is 0.357 e. The van der Waals surface area contributed by atoms with E-state index in [1.165, 1.54) is 0 Å². The van der Waals surface area contributed by atoms with Crippen LogP contribution in [0.1, 0.15) is 16.9 Å². The Hall–Kier alpha value is -2.15. The molecule has 1 aliphatic heterocycles. The molecular weight excluding hydrogens is 236 g/mol. The molecule has 0 bridgehead atoms. The Morgan fingerprint density at radius 1 is 1.50 bits per heavy atom. The number of nitrogens with zero attached hydrogens (tertiary/aromatic N) is 3. The predicted octanol–water partition coefficient (Wildman–Crippen LogP) is 0.227. The zero-order chi connectivity index (χ0) is 12.7. The molecule has 0 amide bonds. The highest BCUT2D eigenvalue weighted by Crippen LogP contribution is 2.22. The van der Waals surface area contributed by atoms with Gasteiger partial charge in [0.15, 0.2) is 11.3 Å². The number of anilines is 1. The van der Waals surface area contributed by atoms with Crippen molar-refractivity contribution in [3.05, 3.63) is 17.8 Å². The summed E-state index contributed by atoms with van der Waals surface area (Å²) in [5, 5.41) is 25.2. The van der Waals surface area contributed by atoms with E-state index in [0.29, 0.717) is 17.6 Å². The highest BCUT2D eigenvalue weighted by Gasteiger charge is 2.22. The fraction of sp³-hybridized carbons (Fsp3) is 0.364. The van der Waals surface area contributed by atoms with E-state index in [0.717, 1.165) is 18.8 Å². The van der Waals surface area contributed by atoms with Gasteiger partial charge in [0.25, 0.3) is 0 Å². The number of aromatic amines is 1. The van der Waals surface area contributed by atoms with Gasteiger partial charge in [-0.1, -0.05) is 0 Å². The number of carbonyl (C=O) groups is 1. The molecule has 0 radical (unpaired) electrons. The number of aromatic nitrogens is 3. The maximum absolute atomic E-state index is 10.9. The van der Waals surface area contributed by atoms with Crippen LogP contribution in [-0.2, 0) is 0 Å². The molecule has 0 aromatic carbocycles. The van der Waals surface area contributed by atoms with Gasteiger partial charge in [0, 0.05) is 13.1 Å². The van der Waals surface area contributed by atoms with Crippen LogP contribution in [0.2, 0.25) is 0 Å². The molecule has 94 valence electrons. The Morgan fingerprint density at radius 2 is 2.33 bits per heavy atom. The topological polar surface area (TPSA) is 102 Å². The van der Waals surface area contributed by atoms with Gasteiger partial charge in [-0.15, -0.1) is 0 Å². The zero-order valence-corrected chi connectivity index (χ0v) is 9.50. The normalized spacial score (nSPS) is 19.6. The fourth-order valence-electron chi connectivity index (χ4n) is 2.18. The summed E-state index contributed by atoms with van der Waals surface area (Å²) in [4.78, 5) is 17.2. The Morgan fingerprint density at radius 3 is 3.00 bits per heavy atom. The van der Waals surface area contributed by atoms with Crippen molar-refractivity contribution in [1.82, 2.24) is 15.2 Å². The quantitative estimate of drug-likeness (QED) is 0.703. The second kappa shape index (κ2) is 3.95. The molecule has 0 spiro atoms. The monoisotopic (exact) mass is 248 g/mol. The third-order valence-electron chi connectivity index (χ3n) is 3.10. The first-order valence-electron chi connectivity index (χ1n) is 5.66. The molecule has 7 nitrogen and oxygen atoms in total. The van der Waals surface area contributed by atoms with Crippen LogP contribution in [0.3, 0.4) is 0 Å². The predicted molar refractivity (Wildman–Crippen MR) is 63.7 cm³/mol. The van der Waals surface area contributed by atoms with E-state index < -0.39 is 5.97 Å². The number of hydrogen-bond acceptors (Lipinski definition) is 5. The van der Waals surface area contributed by atoms with Crippen molar-refractivity contribution in [1.29, 1.82) is 0 Å². The number of hydrogen-bond donors (Lipinski definition) is 3. The van der Waals surface area contributed by atoms with E-state index in [1.807, 2.05) is 4.90 Å². The van der Waals surface area contributed by atoms with E-state index in [2.05, 4.69) is 15.2 Å². The first kappa shape index (κ1) is 11.0. The molecule has 1 fully saturated rings. The summed E-state index contributed by atoms with van der Waals surface area (Å²) in [6.07, 6.45) is 0.405. The van der Waals surface area contributed by atoms with Crippen molar-refractivity contribution in [3.63, 3.8) is 0 Å². The van der Waals surface area contributed by atoms with Crippen molar-refractivity contribution in [2.24, 2.45) is 0 Å². The summed E-state index contributed by atoms with van der Waals surface area (Å²) in [5.41, 5.74) is 0.428. The standard InChI is InChI=1S/C11H12N4O3/c16-6-3-4-15(5-6)8-2-1-7-9(11(17)18)13-14-10(7)12-8/h1-2,6,16H,3-5H2,(H,17,18)(H,12,13,14). The molecule has 1 aliphatic rings.